The van der Waals surface area contributed by atoms with Gasteiger partial charge in [-0.05, 0) is 12.1 Å². The fraction of sp³-hybridized carbons (Fsp3) is 0.429. The van der Waals surface area contributed by atoms with E-state index in [1.54, 1.807) is 14.2 Å². The first kappa shape index (κ1) is 14.5. The van der Waals surface area contributed by atoms with Crippen LogP contribution in [0.15, 0.2) is 24.3 Å². The van der Waals surface area contributed by atoms with Gasteiger partial charge in [-0.15, -0.1) is 0 Å². The van der Waals surface area contributed by atoms with Gasteiger partial charge < -0.3 is 20.1 Å². The standard InChI is InChI=1S/C14H20N4O2/c1-15-14-16-12-7-5-4-6-11(12)13(17-14)18(2)8-10(19)9-20-3/h4-7,10,19H,8-9H2,1-3H3,(H,15,16,17). The first-order chi connectivity index (χ1) is 9.65. The zero-order valence-corrected chi connectivity index (χ0v) is 12.0. The van der Waals surface area contributed by atoms with E-state index in [9.17, 15) is 5.11 Å². The molecule has 0 aliphatic rings. The van der Waals surface area contributed by atoms with Crippen molar-refractivity contribution in [2.24, 2.45) is 0 Å². The molecule has 2 aromatic rings. The van der Waals surface area contributed by atoms with Crippen LogP contribution >= 0.6 is 0 Å². The number of hydrogen-bond acceptors (Lipinski definition) is 6. The van der Waals surface area contributed by atoms with E-state index in [1.807, 2.05) is 36.2 Å². The molecule has 1 aromatic carbocycles. The third kappa shape index (κ3) is 3.15. The summed E-state index contributed by atoms with van der Waals surface area (Å²) in [4.78, 5) is 10.8. The Morgan fingerprint density at radius 3 is 2.80 bits per heavy atom. The average molecular weight is 276 g/mol. The van der Waals surface area contributed by atoms with Gasteiger partial charge in [-0.1, -0.05) is 12.1 Å². The molecule has 0 amide bonds. The van der Waals surface area contributed by atoms with Crippen LogP contribution in [0.25, 0.3) is 10.9 Å². The highest BCUT2D eigenvalue weighted by atomic mass is 16.5. The Morgan fingerprint density at radius 1 is 1.35 bits per heavy atom. The number of ether oxygens (including phenoxy) is 1. The number of fused-ring (bicyclic) bond motifs is 1. The molecule has 0 spiro atoms. The minimum Gasteiger partial charge on any atom is -0.389 e. The molecule has 0 aliphatic heterocycles. The number of aliphatic hydroxyl groups is 1. The minimum absolute atomic E-state index is 0.298. The summed E-state index contributed by atoms with van der Waals surface area (Å²) >= 11 is 0. The van der Waals surface area contributed by atoms with Crippen molar-refractivity contribution in [1.82, 2.24) is 9.97 Å². The second kappa shape index (κ2) is 6.49. The Labute approximate surface area is 118 Å². The van der Waals surface area contributed by atoms with Crippen LogP contribution in [0, 0.1) is 0 Å². The van der Waals surface area contributed by atoms with Gasteiger partial charge in [0.15, 0.2) is 0 Å². The predicted octanol–water partition coefficient (Wildman–Crippen LogP) is 1.11. The van der Waals surface area contributed by atoms with Crippen LogP contribution in [0.2, 0.25) is 0 Å². The Kier molecular flexibility index (Phi) is 4.70. The SMILES string of the molecule is CNc1nc(N(C)CC(O)COC)c2ccccc2n1. The molecule has 1 heterocycles. The number of nitrogens with zero attached hydrogens (tertiary/aromatic N) is 3. The normalized spacial score (nSPS) is 12.4. The fourth-order valence-corrected chi connectivity index (χ4v) is 2.11. The van der Waals surface area contributed by atoms with Crippen molar-refractivity contribution >= 4 is 22.7 Å². The topological polar surface area (TPSA) is 70.5 Å². The van der Waals surface area contributed by atoms with Crippen molar-refractivity contribution in [3.8, 4) is 0 Å². The molecule has 6 nitrogen and oxygen atoms in total. The van der Waals surface area contributed by atoms with E-state index >= 15 is 0 Å². The Balaban J connectivity index is 2.36. The Morgan fingerprint density at radius 2 is 2.10 bits per heavy atom. The van der Waals surface area contributed by atoms with E-state index in [0.717, 1.165) is 16.7 Å². The summed E-state index contributed by atoms with van der Waals surface area (Å²) in [6, 6.07) is 7.82. The van der Waals surface area contributed by atoms with Gasteiger partial charge in [-0.2, -0.15) is 4.98 Å². The second-order valence-electron chi connectivity index (χ2n) is 4.63. The molecule has 2 N–H and O–H groups in total. The van der Waals surface area contributed by atoms with Crippen molar-refractivity contribution in [2.45, 2.75) is 6.10 Å². The lowest BCUT2D eigenvalue weighted by atomic mass is 10.2. The lowest BCUT2D eigenvalue weighted by Crippen LogP contribution is -2.32. The van der Waals surface area contributed by atoms with Gasteiger partial charge >= 0.3 is 0 Å². The highest BCUT2D eigenvalue weighted by molar-refractivity contribution is 5.90. The summed E-state index contributed by atoms with van der Waals surface area (Å²) in [5.41, 5.74) is 0.870. The maximum absolute atomic E-state index is 9.85. The molecule has 0 saturated carbocycles. The molecule has 0 saturated heterocycles. The summed E-state index contributed by atoms with van der Waals surface area (Å²) in [5.74, 6) is 1.35. The lowest BCUT2D eigenvalue weighted by molar-refractivity contribution is 0.0694. The maximum atomic E-state index is 9.85. The van der Waals surface area contributed by atoms with E-state index in [0.29, 0.717) is 19.1 Å². The number of para-hydroxylation sites is 1. The first-order valence-corrected chi connectivity index (χ1v) is 6.48. The van der Waals surface area contributed by atoms with Crippen LogP contribution in [0.3, 0.4) is 0 Å². The molecule has 0 radical (unpaired) electrons. The van der Waals surface area contributed by atoms with Crippen molar-refractivity contribution < 1.29 is 9.84 Å². The van der Waals surface area contributed by atoms with Gasteiger partial charge in [0.05, 0.1) is 18.2 Å². The Hall–Kier alpha value is -1.92. The highest BCUT2D eigenvalue weighted by Gasteiger charge is 2.14. The molecular weight excluding hydrogens is 256 g/mol. The van der Waals surface area contributed by atoms with Crippen LogP contribution in [-0.4, -0.2) is 55.5 Å². The number of aliphatic hydroxyl groups excluding tert-OH is 1. The van der Waals surface area contributed by atoms with E-state index < -0.39 is 6.10 Å². The monoisotopic (exact) mass is 276 g/mol. The third-order valence-corrected chi connectivity index (χ3v) is 3.01. The fourth-order valence-electron chi connectivity index (χ4n) is 2.11. The minimum atomic E-state index is -0.559. The number of nitrogens with one attached hydrogen (secondary N) is 1. The number of likely N-dealkylation sites (N-methyl/N-ethyl adjacent to an activating group) is 1. The zero-order valence-electron chi connectivity index (χ0n) is 12.0. The van der Waals surface area contributed by atoms with E-state index in [-0.39, 0.29) is 0 Å². The first-order valence-electron chi connectivity index (χ1n) is 6.48. The van der Waals surface area contributed by atoms with Gasteiger partial charge in [0, 0.05) is 33.1 Å². The summed E-state index contributed by atoms with van der Waals surface area (Å²) in [5, 5.41) is 13.8. The zero-order chi connectivity index (χ0) is 14.5. The number of hydrogen-bond donors (Lipinski definition) is 2. The van der Waals surface area contributed by atoms with E-state index in [4.69, 9.17) is 4.74 Å². The van der Waals surface area contributed by atoms with Crippen molar-refractivity contribution in [3.63, 3.8) is 0 Å². The molecule has 2 rings (SSSR count). The summed E-state index contributed by atoms with van der Waals surface area (Å²) in [6.45, 7) is 0.740. The molecule has 0 fully saturated rings. The van der Waals surface area contributed by atoms with Gasteiger partial charge in [0.2, 0.25) is 5.95 Å². The highest BCUT2D eigenvalue weighted by Crippen LogP contribution is 2.24. The Bertz CT molecular complexity index is 576. The number of aromatic nitrogens is 2. The molecule has 1 aromatic heterocycles. The number of anilines is 2. The molecule has 0 bridgehead atoms. The molecule has 1 unspecified atom stereocenters. The number of methoxy groups -OCH3 is 1. The van der Waals surface area contributed by atoms with Crippen molar-refractivity contribution in [2.75, 3.05) is 44.6 Å². The molecule has 1 atom stereocenters. The third-order valence-electron chi connectivity index (χ3n) is 3.01. The van der Waals surface area contributed by atoms with Crippen molar-refractivity contribution in [1.29, 1.82) is 0 Å². The predicted molar refractivity (Wildman–Crippen MR) is 80.2 cm³/mol. The van der Waals surface area contributed by atoms with Crippen LogP contribution in [-0.2, 0) is 4.74 Å². The average Bonchev–Trinajstić information content (AvgIpc) is 2.46. The quantitative estimate of drug-likeness (QED) is 0.824. The maximum Gasteiger partial charge on any atom is 0.224 e. The lowest BCUT2D eigenvalue weighted by Gasteiger charge is -2.23. The van der Waals surface area contributed by atoms with Gasteiger partial charge in [0.25, 0.3) is 0 Å². The molecule has 6 heteroatoms. The number of rotatable bonds is 6. The van der Waals surface area contributed by atoms with Crippen LogP contribution in [0.4, 0.5) is 11.8 Å². The van der Waals surface area contributed by atoms with Crippen LogP contribution in [0.5, 0.6) is 0 Å². The number of benzene rings is 1. The van der Waals surface area contributed by atoms with Gasteiger partial charge in [-0.25, -0.2) is 4.98 Å². The summed E-state index contributed by atoms with van der Waals surface area (Å²) in [6.07, 6.45) is -0.559. The smallest absolute Gasteiger partial charge is 0.224 e. The van der Waals surface area contributed by atoms with Crippen LogP contribution in [0.1, 0.15) is 0 Å². The molecule has 20 heavy (non-hydrogen) atoms. The van der Waals surface area contributed by atoms with Crippen molar-refractivity contribution in [3.05, 3.63) is 24.3 Å². The van der Waals surface area contributed by atoms with Gasteiger partial charge in [-0.3, -0.25) is 0 Å². The molecule has 108 valence electrons. The largest absolute Gasteiger partial charge is 0.389 e. The summed E-state index contributed by atoms with van der Waals surface area (Å²) < 4.78 is 4.95. The molecular formula is C14H20N4O2. The van der Waals surface area contributed by atoms with Gasteiger partial charge in [0.1, 0.15) is 5.82 Å². The second-order valence-corrected chi connectivity index (χ2v) is 4.63. The summed E-state index contributed by atoms with van der Waals surface area (Å²) in [7, 11) is 5.25. The molecule has 0 aliphatic carbocycles. The van der Waals surface area contributed by atoms with E-state index in [2.05, 4.69) is 15.3 Å². The van der Waals surface area contributed by atoms with E-state index in [1.165, 1.54) is 0 Å². The van der Waals surface area contributed by atoms with Crippen LogP contribution < -0.4 is 10.2 Å².